The summed E-state index contributed by atoms with van der Waals surface area (Å²) < 4.78 is 141. The molecular weight excluding hydrogens is 1060 g/mol. The molecule has 0 aromatic heterocycles. The largest absolute Gasteiger partial charge is 0.457 e. The molecule has 404 valence electrons. The third-order valence-electron chi connectivity index (χ3n) is 15.9. The highest BCUT2D eigenvalue weighted by molar-refractivity contribution is 5.92. The summed E-state index contributed by atoms with van der Waals surface area (Å²) in [6.45, 7) is 7.62. The van der Waals surface area contributed by atoms with Crippen LogP contribution >= 0.6 is 0 Å². The standard InChI is InChI=1S/C72H43F8NO2/c1-3-42-18-28-49(29-19-42)82-51-32-22-44(23-33-51)71(61-40-63(73)67(77)69(79)65(61)75)57-16-10-8-14-53(57)55-36-26-47(38-59(55)71)81(46-12-6-5-7-13-46)48-27-37-56-54-15-9-11-17-58(54)72(60(56)39-48,62-41-64(74)68(78)70(80)66(62)76)45-24-34-52(35-25-45)83-50-30-20-43(4-2)21-31-50/h3-41H,1-2H2. The molecule has 11 aromatic carbocycles. The van der Waals surface area contributed by atoms with Crippen molar-refractivity contribution in [1.29, 1.82) is 0 Å². The molecule has 11 aromatic rings. The Hall–Kier alpha value is -10.3. The molecule has 0 amide bonds. The van der Waals surface area contributed by atoms with E-state index in [-0.39, 0.29) is 0 Å². The topological polar surface area (TPSA) is 21.7 Å². The predicted molar refractivity (Wildman–Crippen MR) is 309 cm³/mol. The van der Waals surface area contributed by atoms with Gasteiger partial charge >= 0.3 is 0 Å². The van der Waals surface area contributed by atoms with E-state index in [2.05, 4.69) is 13.2 Å². The van der Waals surface area contributed by atoms with Gasteiger partial charge in [-0.3, -0.25) is 0 Å². The number of anilines is 3. The number of hydrogen-bond donors (Lipinski definition) is 0. The molecule has 2 atom stereocenters. The Labute approximate surface area is 472 Å². The molecule has 0 bridgehead atoms. The Morgan fingerprint density at radius 2 is 0.651 bits per heavy atom. The van der Waals surface area contributed by atoms with Crippen LogP contribution in [0, 0.1) is 46.5 Å². The van der Waals surface area contributed by atoms with Crippen LogP contribution in [0.5, 0.6) is 23.0 Å². The normalized spacial score (nSPS) is 15.4. The second kappa shape index (κ2) is 20.4. The lowest BCUT2D eigenvalue weighted by atomic mass is 9.67. The highest BCUT2D eigenvalue weighted by Gasteiger charge is 2.51. The van der Waals surface area contributed by atoms with Crippen molar-refractivity contribution >= 4 is 29.2 Å². The maximum Gasteiger partial charge on any atom is 0.197 e. The monoisotopic (exact) mass is 1110 g/mol. The summed E-state index contributed by atoms with van der Waals surface area (Å²) in [5.41, 5.74) is 3.19. The van der Waals surface area contributed by atoms with Crippen LogP contribution in [0.4, 0.5) is 52.2 Å². The molecule has 0 saturated carbocycles. The van der Waals surface area contributed by atoms with Gasteiger partial charge in [0.25, 0.3) is 0 Å². The summed E-state index contributed by atoms with van der Waals surface area (Å²) in [6.07, 6.45) is 3.40. The van der Waals surface area contributed by atoms with E-state index in [0.717, 1.165) is 11.1 Å². The van der Waals surface area contributed by atoms with E-state index in [0.29, 0.717) is 108 Å². The van der Waals surface area contributed by atoms with Gasteiger partial charge in [-0.15, -0.1) is 0 Å². The lowest BCUT2D eigenvalue weighted by molar-refractivity contribution is 0.399. The van der Waals surface area contributed by atoms with E-state index < -0.39 is 68.5 Å². The lowest BCUT2D eigenvalue weighted by Gasteiger charge is -2.36. The number of halogens is 8. The third kappa shape index (κ3) is 8.24. The van der Waals surface area contributed by atoms with Crippen molar-refractivity contribution in [3.8, 4) is 45.3 Å². The summed E-state index contributed by atoms with van der Waals surface area (Å²) in [7, 11) is 0. The summed E-state index contributed by atoms with van der Waals surface area (Å²) in [6, 6.07) is 63.4. The fraction of sp³-hybridized carbons (Fsp3) is 0.0278. The molecule has 0 saturated heterocycles. The highest BCUT2D eigenvalue weighted by atomic mass is 19.2. The van der Waals surface area contributed by atoms with Crippen molar-refractivity contribution in [1.82, 2.24) is 0 Å². The molecule has 0 fully saturated rings. The minimum Gasteiger partial charge on any atom is -0.457 e. The molecule has 0 N–H and O–H groups in total. The van der Waals surface area contributed by atoms with E-state index in [1.54, 1.807) is 133 Å². The van der Waals surface area contributed by atoms with Crippen LogP contribution in [0.3, 0.4) is 0 Å². The Morgan fingerprint density at radius 3 is 1.04 bits per heavy atom. The molecule has 0 radical (unpaired) electrons. The van der Waals surface area contributed by atoms with Crippen molar-refractivity contribution < 1.29 is 44.6 Å². The van der Waals surface area contributed by atoms with Crippen molar-refractivity contribution in [2.45, 2.75) is 10.8 Å². The molecule has 0 aliphatic heterocycles. The zero-order valence-corrected chi connectivity index (χ0v) is 43.7. The summed E-state index contributed by atoms with van der Waals surface area (Å²) in [5.74, 6) is -12.5. The van der Waals surface area contributed by atoms with Gasteiger partial charge in [0.15, 0.2) is 46.5 Å². The SMILES string of the molecule is C=Cc1ccc(Oc2ccc(C3(c4cc(F)c(F)c(F)c4F)c4ccccc4-c4ccc(N(c5ccccc5)c5ccc6c(c5)C(c5ccc(Oc7ccc(C=C)cc7)cc5)(c5cc(F)c(F)c(F)c5F)c5ccccc5-6)cc43)cc2)cc1. The zero-order chi connectivity index (χ0) is 57.3. The Balaban J connectivity index is 1.03. The van der Waals surface area contributed by atoms with Crippen molar-refractivity contribution in [2.75, 3.05) is 4.90 Å². The smallest absolute Gasteiger partial charge is 0.197 e. The van der Waals surface area contributed by atoms with Gasteiger partial charge in [0.1, 0.15) is 23.0 Å². The number of fused-ring (bicyclic) bond motifs is 6. The van der Waals surface area contributed by atoms with Crippen LogP contribution in [-0.2, 0) is 10.8 Å². The second-order valence-corrected chi connectivity index (χ2v) is 20.2. The molecule has 11 heteroatoms. The fourth-order valence-electron chi connectivity index (χ4n) is 12.2. The van der Waals surface area contributed by atoms with Gasteiger partial charge in [-0.05, 0) is 164 Å². The molecule has 0 spiro atoms. The van der Waals surface area contributed by atoms with Crippen LogP contribution in [0.2, 0.25) is 0 Å². The number of para-hydroxylation sites is 1. The molecule has 83 heavy (non-hydrogen) atoms. The molecule has 2 unspecified atom stereocenters. The number of hydrogen-bond acceptors (Lipinski definition) is 3. The summed E-state index contributed by atoms with van der Waals surface area (Å²) in [4.78, 5) is 1.87. The zero-order valence-electron chi connectivity index (χ0n) is 43.7. The third-order valence-corrected chi connectivity index (χ3v) is 15.9. The fourth-order valence-corrected chi connectivity index (χ4v) is 12.2. The Kier molecular flexibility index (Phi) is 12.8. The minimum absolute atomic E-state index is 0.355. The summed E-state index contributed by atoms with van der Waals surface area (Å²) >= 11 is 0. The van der Waals surface area contributed by atoms with Crippen molar-refractivity contribution in [2.24, 2.45) is 0 Å². The van der Waals surface area contributed by atoms with Crippen LogP contribution in [0.1, 0.15) is 55.6 Å². The Bertz CT molecular complexity index is 4130. The molecule has 2 aliphatic carbocycles. The molecule has 0 heterocycles. The van der Waals surface area contributed by atoms with Gasteiger partial charge in [0.2, 0.25) is 0 Å². The number of ether oxygens (including phenoxy) is 2. The quantitative estimate of drug-likeness (QED) is 0.0652. The van der Waals surface area contributed by atoms with Gasteiger partial charge in [0.05, 0.1) is 10.8 Å². The molecule has 2 aliphatic rings. The average Bonchev–Trinajstić information content (AvgIpc) is 4.07. The number of benzene rings is 11. The molecule has 3 nitrogen and oxygen atoms in total. The first-order valence-electron chi connectivity index (χ1n) is 26.4. The van der Waals surface area contributed by atoms with Gasteiger partial charge in [-0.2, -0.15) is 0 Å². The van der Waals surface area contributed by atoms with E-state index in [1.807, 2.05) is 95.9 Å². The van der Waals surface area contributed by atoms with E-state index >= 15 is 35.1 Å². The first-order chi connectivity index (χ1) is 40.3. The molecule has 13 rings (SSSR count). The van der Waals surface area contributed by atoms with Crippen molar-refractivity contribution in [3.05, 3.63) is 340 Å². The van der Waals surface area contributed by atoms with E-state index in [4.69, 9.17) is 9.47 Å². The van der Waals surface area contributed by atoms with E-state index in [1.165, 1.54) is 0 Å². The first-order valence-corrected chi connectivity index (χ1v) is 26.4. The van der Waals surface area contributed by atoms with Gasteiger partial charge in [-0.1, -0.05) is 153 Å². The van der Waals surface area contributed by atoms with Gasteiger partial charge < -0.3 is 14.4 Å². The van der Waals surface area contributed by atoms with Crippen LogP contribution < -0.4 is 14.4 Å². The number of rotatable bonds is 13. The maximum absolute atomic E-state index is 17.1. The highest BCUT2D eigenvalue weighted by Crippen LogP contribution is 2.61. The number of nitrogens with zero attached hydrogens (tertiary/aromatic N) is 1. The Morgan fingerprint density at radius 1 is 0.301 bits per heavy atom. The summed E-state index contributed by atoms with van der Waals surface area (Å²) in [5, 5.41) is 0. The van der Waals surface area contributed by atoms with E-state index in [9.17, 15) is 0 Å². The average molecular weight is 1110 g/mol. The van der Waals surface area contributed by atoms with Gasteiger partial charge in [-0.25, -0.2) is 35.1 Å². The second-order valence-electron chi connectivity index (χ2n) is 20.2. The van der Waals surface area contributed by atoms with Crippen LogP contribution in [-0.4, -0.2) is 0 Å². The van der Waals surface area contributed by atoms with Crippen molar-refractivity contribution in [3.63, 3.8) is 0 Å². The van der Waals surface area contributed by atoms with Crippen LogP contribution in [0.15, 0.2) is 238 Å². The molecular formula is C72H43F8NO2. The predicted octanol–water partition coefficient (Wildman–Crippen LogP) is 19.9. The lowest BCUT2D eigenvalue weighted by Crippen LogP contribution is -2.31. The maximum atomic E-state index is 17.1. The first kappa shape index (κ1) is 52.1. The van der Waals surface area contributed by atoms with Crippen LogP contribution in [0.25, 0.3) is 34.4 Å². The minimum atomic E-state index is -1.99. The van der Waals surface area contributed by atoms with Gasteiger partial charge in [0, 0.05) is 28.2 Å².